The molecule has 10 nitrogen and oxygen atoms in total. The number of aromatic nitrogens is 3. The smallest absolute Gasteiger partial charge is 0.251 e. The summed E-state index contributed by atoms with van der Waals surface area (Å²) in [7, 11) is 3.30. The molecule has 0 saturated carbocycles. The van der Waals surface area contributed by atoms with Gasteiger partial charge >= 0.3 is 0 Å². The van der Waals surface area contributed by atoms with Crippen LogP contribution in [0.15, 0.2) is 60.1 Å². The van der Waals surface area contributed by atoms with Crippen LogP contribution in [0.1, 0.15) is 18.9 Å². The topological polar surface area (TPSA) is 121 Å². The molecular weight excluding hydrogens is 528 g/mol. The van der Waals surface area contributed by atoms with Gasteiger partial charge in [0.2, 0.25) is 11.9 Å². The molecule has 0 radical (unpaired) electrons. The minimum atomic E-state index is -0.722. The summed E-state index contributed by atoms with van der Waals surface area (Å²) in [4.78, 5) is 39.5. The Morgan fingerprint density at radius 3 is 2.58 bits per heavy atom. The molecule has 0 spiro atoms. The number of carbonyl (C=O) groups excluding carboxylic acids is 2. The lowest BCUT2D eigenvalue weighted by molar-refractivity contribution is -0.133. The highest BCUT2D eigenvalue weighted by Gasteiger charge is 2.26. The van der Waals surface area contributed by atoms with Crippen LogP contribution in [0.4, 0.5) is 17.3 Å². The molecule has 4 aromatic rings. The summed E-state index contributed by atoms with van der Waals surface area (Å²) in [6.45, 7) is 2.95. The van der Waals surface area contributed by atoms with Gasteiger partial charge in [0.25, 0.3) is 5.91 Å². The number of likely N-dealkylation sites (tertiary alicyclic amines) is 1. The van der Waals surface area contributed by atoms with Crippen LogP contribution in [0.25, 0.3) is 22.0 Å². The monoisotopic (exact) mass is 558 g/mol. The normalized spacial score (nSPS) is 15.9. The van der Waals surface area contributed by atoms with E-state index in [1.165, 1.54) is 4.90 Å². The minimum Gasteiger partial charge on any atom is -0.494 e. The Labute approximate surface area is 236 Å². The fourth-order valence-corrected chi connectivity index (χ4v) is 5.42. The molecule has 1 fully saturated rings. The number of hydrogen-bond donors (Lipinski definition) is 2. The van der Waals surface area contributed by atoms with Gasteiger partial charge in [-0.3, -0.25) is 9.59 Å². The van der Waals surface area contributed by atoms with Gasteiger partial charge in [-0.1, -0.05) is 30.3 Å². The van der Waals surface area contributed by atoms with Crippen molar-refractivity contribution in [3.63, 3.8) is 0 Å². The number of fused-ring (bicyclic) bond motifs is 1. The van der Waals surface area contributed by atoms with E-state index in [-0.39, 0.29) is 11.8 Å². The van der Waals surface area contributed by atoms with Crippen LogP contribution in [0.5, 0.6) is 5.75 Å². The Morgan fingerprint density at radius 1 is 1.12 bits per heavy atom. The second-order valence-corrected chi connectivity index (χ2v) is 10.3. The zero-order valence-electron chi connectivity index (χ0n) is 22.5. The number of nitrogens with one attached hydrogen (secondary N) is 1. The molecule has 40 heavy (non-hydrogen) atoms. The molecule has 2 aromatic carbocycles. The first-order chi connectivity index (χ1) is 19.3. The van der Waals surface area contributed by atoms with E-state index in [0.717, 1.165) is 45.3 Å². The van der Waals surface area contributed by atoms with Gasteiger partial charge in [0.05, 0.1) is 24.2 Å². The fourth-order valence-electron chi connectivity index (χ4n) is 4.60. The maximum atomic E-state index is 11.9. The maximum Gasteiger partial charge on any atom is 0.251 e. The van der Waals surface area contributed by atoms with Crippen LogP contribution in [0.2, 0.25) is 0 Å². The number of likely N-dealkylation sites (N-methyl/N-ethyl adjacent to an activating group) is 1. The maximum absolute atomic E-state index is 11.9. The van der Waals surface area contributed by atoms with Gasteiger partial charge in [0.15, 0.2) is 0 Å². The fraction of sp³-hybridized carbons (Fsp3) is 0.276. The lowest BCUT2D eigenvalue weighted by Crippen LogP contribution is -2.25. The highest BCUT2D eigenvalue weighted by Crippen LogP contribution is 2.38. The number of methoxy groups -OCH3 is 1. The number of aliphatic hydroxyl groups excluding tert-OH is 1. The molecule has 4 heterocycles. The molecule has 2 aromatic heterocycles. The van der Waals surface area contributed by atoms with Crippen molar-refractivity contribution in [2.45, 2.75) is 25.9 Å². The van der Waals surface area contributed by atoms with Crippen molar-refractivity contribution in [1.82, 2.24) is 19.9 Å². The molecular formula is C29H30N6O4S. The largest absolute Gasteiger partial charge is 0.494 e. The van der Waals surface area contributed by atoms with E-state index in [2.05, 4.69) is 15.3 Å². The predicted octanol–water partition coefficient (Wildman–Crippen LogP) is 4.14. The summed E-state index contributed by atoms with van der Waals surface area (Å²) in [6, 6.07) is 15.8. The summed E-state index contributed by atoms with van der Waals surface area (Å²) in [6.07, 6.45) is 2.38. The van der Waals surface area contributed by atoms with Crippen LogP contribution in [0, 0.1) is 0 Å². The summed E-state index contributed by atoms with van der Waals surface area (Å²) in [5.41, 5.74) is 5.37. The highest BCUT2D eigenvalue weighted by molar-refractivity contribution is 7.13. The van der Waals surface area contributed by atoms with Crippen LogP contribution in [-0.4, -0.2) is 70.1 Å². The number of anilines is 3. The van der Waals surface area contributed by atoms with Crippen molar-refractivity contribution >= 4 is 40.5 Å². The molecule has 2 N–H and O–H groups in total. The third-order valence-corrected chi connectivity index (χ3v) is 7.66. The van der Waals surface area contributed by atoms with Crippen LogP contribution in [-0.2, 0) is 16.0 Å². The molecule has 6 rings (SSSR count). The van der Waals surface area contributed by atoms with E-state index < -0.39 is 6.10 Å². The molecule has 206 valence electrons. The number of thiazole rings is 1. The molecule has 2 aliphatic heterocycles. The number of carbonyl (C=O) groups is 2. The Bertz CT molecular complexity index is 1510. The van der Waals surface area contributed by atoms with Crippen LogP contribution < -0.4 is 15.0 Å². The van der Waals surface area contributed by atoms with E-state index in [4.69, 9.17) is 14.8 Å². The molecule has 2 aliphatic rings. The van der Waals surface area contributed by atoms with Crippen molar-refractivity contribution < 1.29 is 19.4 Å². The summed E-state index contributed by atoms with van der Waals surface area (Å²) in [5.74, 6) is 0.966. The summed E-state index contributed by atoms with van der Waals surface area (Å²) >= 11 is 1.59. The SMILES string of the molecule is CN1CCC(O)C1=O.COc1cc2c(cc1Nc1nccc(-c3csc(-c4ccccc4)n3)n1)CCN2C(C)=O. The summed E-state index contributed by atoms with van der Waals surface area (Å²) < 4.78 is 5.57. The highest BCUT2D eigenvalue weighted by atomic mass is 32.1. The van der Waals surface area contributed by atoms with Crippen molar-refractivity contribution in [2.75, 3.05) is 37.5 Å². The number of ether oxygens (including phenoxy) is 1. The van der Waals surface area contributed by atoms with E-state index in [1.807, 2.05) is 53.9 Å². The third-order valence-electron chi connectivity index (χ3n) is 6.77. The number of benzene rings is 2. The van der Waals surface area contributed by atoms with Crippen LogP contribution in [0.3, 0.4) is 0 Å². The molecule has 1 atom stereocenters. The molecule has 0 aliphatic carbocycles. The second kappa shape index (κ2) is 11.8. The minimum absolute atomic E-state index is 0.0284. The Balaban J connectivity index is 0.000000348. The van der Waals surface area contributed by atoms with Gasteiger partial charge in [0.1, 0.15) is 22.6 Å². The number of aliphatic hydroxyl groups is 1. The molecule has 0 bridgehead atoms. The molecule has 2 amide bonds. The van der Waals surface area contributed by atoms with Gasteiger partial charge in [-0.15, -0.1) is 11.3 Å². The van der Waals surface area contributed by atoms with Crippen molar-refractivity contribution in [2.24, 2.45) is 0 Å². The first-order valence-electron chi connectivity index (χ1n) is 12.9. The quantitative estimate of drug-likeness (QED) is 0.375. The Morgan fingerprint density at radius 2 is 1.93 bits per heavy atom. The lowest BCUT2D eigenvalue weighted by Gasteiger charge is -2.17. The van der Waals surface area contributed by atoms with Crippen molar-refractivity contribution in [3.8, 4) is 27.7 Å². The van der Waals surface area contributed by atoms with Gasteiger partial charge in [0, 0.05) is 50.3 Å². The average Bonchev–Trinajstić information content (AvgIpc) is 3.70. The zero-order valence-corrected chi connectivity index (χ0v) is 23.3. The third kappa shape index (κ3) is 5.80. The number of amides is 2. The van der Waals surface area contributed by atoms with Gasteiger partial charge in [-0.25, -0.2) is 15.0 Å². The van der Waals surface area contributed by atoms with Crippen molar-refractivity contribution in [3.05, 3.63) is 65.7 Å². The standard InChI is InChI=1S/C24H21N5O2S.C5H9NO2/c1-15(30)29-11-9-17-12-19(22(31-2)13-21(17)29)28-24-25-10-8-18(27-24)20-14-32-23(26-20)16-6-4-3-5-7-16;1-6-3-2-4(7)5(6)8/h3-8,10,12-14H,9,11H2,1-2H3,(H,25,27,28);4,7H,2-3H2,1H3. The zero-order chi connectivity index (χ0) is 28.2. The first kappa shape index (κ1) is 27.2. The van der Waals surface area contributed by atoms with Crippen molar-refractivity contribution in [1.29, 1.82) is 0 Å². The number of nitrogens with zero attached hydrogens (tertiary/aromatic N) is 5. The lowest BCUT2D eigenvalue weighted by atomic mass is 10.1. The molecule has 11 heteroatoms. The summed E-state index contributed by atoms with van der Waals surface area (Å²) in [5, 5.41) is 15.0. The predicted molar refractivity (Wildman–Crippen MR) is 155 cm³/mol. The molecule has 1 unspecified atom stereocenters. The second-order valence-electron chi connectivity index (χ2n) is 9.46. The molecule has 1 saturated heterocycles. The Hall–Kier alpha value is -4.35. The van der Waals surface area contributed by atoms with E-state index >= 15 is 0 Å². The van der Waals surface area contributed by atoms with Gasteiger partial charge in [-0.2, -0.15) is 0 Å². The Kier molecular flexibility index (Phi) is 8.04. The van der Waals surface area contributed by atoms with Crippen LogP contribution >= 0.6 is 11.3 Å². The van der Waals surface area contributed by atoms with E-state index in [9.17, 15) is 9.59 Å². The first-order valence-corrected chi connectivity index (χ1v) is 13.8. The average molecular weight is 559 g/mol. The van der Waals surface area contributed by atoms with E-state index in [0.29, 0.717) is 31.2 Å². The van der Waals surface area contributed by atoms with Gasteiger partial charge < -0.3 is 25.0 Å². The van der Waals surface area contributed by atoms with E-state index in [1.54, 1.807) is 43.5 Å². The van der Waals surface area contributed by atoms with Gasteiger partial charge in [-0.05, 0) is 30.5 Å². The number of rotatable bonds is 5. The number of hydrogen-bond acceptors (Lipinski definition) is 9.